The van der Waals surface area contributed by atoms with Gasteiger partial charge in [0, 0.05) is 17.8 Å². The van der Waals surface area contributed by atoms with Crippen molar-refractivity contribution in [3.05, 3.63) is 70.4 Å². The van der Waals surface area contributed by atoms with Crippen molar-refractivity contribution < 1.29 is 9.32 Å². The van der Waals surface area contributed by atoms with Gasteiger partial charge in [0.2, 0.25) is 0 Å². The minimum absolute atomic E-state index is 0.270. The van der Waals surface area contributed by atoms with Crippen molar-refractivity contribution in [1.82, 2.24) is 10.1 Å². The average molecular weight is 398 g/mol. The highest BCUT2D eigenvalue weighted by Gasteiger charge is 2.23. The Bertz CT molecular complexity index is 964. The van der Waals surface area contributed by atoms with E-state index in [2.05, 4.69) is 35.3 Å². The molecule has 0 fully saturated rings. The Morgan fingerprint density at radius 1 is 1.14 bits per heavy atom. The van der Waals surface area contributed by atoms with Gasteiger partial charge in [-0.3, -0.25) is 9.69 Å². The van der Waals surface area contributed by atoms with E-state index in [1.54, 1.807) is 13.0 Å². The Balaban J connectivity index is 1.85. The number of aromatic nitrogens is 1. The van der Waals surface area contributed by atoms with Gasteiger partial charge in [-0.25, -0.2) is 0 Å². The lowest BCUT2D eigenvalue weighted by Crippen LogP contribution is -2.22. The van der Waals surface area contributed by atoms with Crippen molar-refractivity contribution in [2.75, 3.05) is 18.4 Å². The number of aryl methyl sites for hydroxylation is 1. The predicted octanol–water partition coefficient (Wildman–Crippen LogP) is 5.40. The number of nitrogens with zero attached hydrogens (tertiary/aromatic N) is 2. The second-order valence-electron chi connectivity index (χ2n) is 6.56. The fourth-order valence-corrected chi connectivity index (χ4v) is 3.35. The van der Waals surface area contributed by atoms with E-state index in [1.807, 2.05) is 36.4 Å². The highest BCUT2D eigenvalue weighted by Crippen LogP contribution is 2.31. The monoisotopic (exact) mass is 397 g/mol. The first-order chi connectivity index (χ1) is 13.5. The van der Waals surface area contributed by atoms with E-state index in [0.29, 0.717) is 27.6 Å². The molecule has 0 aliphatic heterocycles. The number of carbonyl (C=O) groups excluding carboxylic acids is 1. The Hall–Kier alpha value is -2.63. The summed E-state index contributed by atoms with van der Waals surface area (Å²) in [5.41, 5.74) is 3.39. The molecule has 1 heterocycles. The van der Waals surface area contributed by atoms with Crippen LogP contribution in [0, 0.1) is 6.92 Å². The van der Waals surface area contributed by atoms with Crippen LogP contribution < -0.4 is 5.32 Å². The van der Waals surface area contributed by atoms with Crippen molar-refractivity contribution >= 4 is 23.2 Å². The average Bonchev–Trinajstić information content (AvgIpc) is 3.08. The first-order valence-electron chi connectivity index (χ1n) is 9.37. The molecule has 28 heavy (non-hydrogen) atoms. The van der Waals surface area contributed by atoms with Crippen molar-refractivity contribution in [1.29, 1.82) is 0 Å². The zero-order chi connectivity index (χ0) is 20.1. The summed E-state index contributed by atoms with van der Waals surface area (Å²) in [6.07, 6.45) is 0. The molecular weight excluding hydrogens is 374 g/mol. The molecule has 0 radical (unpaired) electrons. The molecule has 0 saturated heterocycles. The van der Waals surface area contributed by atoms with Gasteiger partial charge in [-0.15, -0.1) is 0 Å². The number of hydrogen-bond donors (Lipinski definition) is 1. The number of amides is 1. The molecule has 0 unspecified atom stereocenters. The minimum Gasteiger partial charge on any atom is -0.360 e. The van der Waals surface area contributed by atoms with E-state index in [4.69, 9.17) is 16.1 Å². The van der Waals surface area contributed by atoms with Crippen LogP contribution in [0.1, 0.15) is 35.5 Å². The SMILES string of the molecule is CCN(CC)Cc1cccc(NC(=O)c2c(-c3ccccc3Cl)noc2C)c1. The first-order valence-corrected chi connectivity index (χ1v) is 9.75. The van der Waals surface area contributed by atoms with Crippen LogP contribution in [0.25, 0.3) is 11.3 Å². The highest BCUT2D eigenvalue weighted by molar-refractivity contribution is 6.33. The number of halogens is 1. The summed E-state index contributed by atoms with van der Waals surface area (Å²) in [4.78, 5) is 15.3. The van der Waals surface area contributed by atoms with Crippen LogP contribution in [0.2, 0.25) is 5.02 Å². The normalized spacial score (nSPS) is 11.0. The summed E-state index contributed by atoms with van der Waals surface area (Å²) in [6, 6.07) is 15.2. The lowest BCUT2D eigenvalue weighted by Gasteiger charge is -2.18. The zero-order valence-electron chi connectivity index (χ0n) is 16.3. The third kappa shape index (κ3) is 4.43. The van der Waals surface area contributed by atoms with Crippen LogP contribution in [-0.4, -0.2) is 29.1 Å². The molecule has 1 amide bonds. The molecule has 2 aromatic carbocycles. The third-order valence-electron chi connectivity index (χ3n) is 4.70. The van der Waals surface area contributed by atoms with Crippen LogP contribution in [0.3, 0.4) is 0 Å². The molecule has 1 N–H and O–H groups in total. The van der Waals surface area contributed by atoms with Crippen LogP contribution in [-0.2, 0) is 6.54 Å². The summed E-state index contributed by atoms with van der Waals surface area (Å²) < 4.78 is 5.29. The van der Waals surface area contributed by atoms with E-state index in [1.165, 1.54) is 0 Å². The van der Waals surface area contributed by atoms with Crippen molar-refractivity contribution in [3.63, 3.8) is 0 Å². The quantitative estimate of drug-likeness (QED) is 0.580. The number of nitrogens with one attached hydrogen (secondary N) is 1. The van der Waals surface area contributed by atoms with Crippen molar-refractivity contribution in [2.24, 2.45) is 0 Å². The molecule has 6 heteroatoms. The van der Waals surface area contributed by atoms with E-state index in [-0.39, 0.29) is 5.91 Å². The summed E-state index contributed by atoms with van der Waals surface area (Å²) >= 11 is 6.28. The maximum absolute atomic E-state index is 13.0. The number of carbonyl (C=O) groups is 1. The van der Waals surface area contributed by atoms with Gasteiger partial charge in [0.05, 0.1) is 5.02 Å². The number of rotatable bonds is 7. The minimum atomic E-state index is -0.270. The van der Waals surface area contributed by atoms with Crippen LogP contribution in [0.5, 0.6) is 0 Å². The maximum atomic E-state index is 13.0. The van der Waals surface area contributed by atoms with Crippen molar-refractivity contribution in [2.45, 2.75) is 27.3 Å². The maximum Gasteiger partial charge on any atom is 0.261 e. The second kappa shape index (κ2) is 9.04. The van der Waals surface area contributed by atoms with Gasteiger partial charge in [-0.2, -0.15) is 0 Å². The number of benzene rings is 2. The number of anilines is 1. The molecule has 1 aromatic heterocycles. The van der Waals surface area contributed by atoms with Gasteiger partial charge in [-0.05, 0) is 43.8 Å². The lowest BCUT2D eigenvalue weighted by molar-refractivity contribution is 0.102. The van der Waals surface area contributed by atoms with Gasteiger partial charge in [0.25, 0.3) is 5.91 Å². The lowest BCUT2D eigenvalue weighted by atomic mass is 10.1. The number of hydrogen-bond acceptors (Lipinski definition) is 4. The molecule has 3 rings (SSSR count). The van der Waals surface area contributed by atoms with Gasteiger partial charge in [0.15, 0.2) is 0 Å². The molecule has 0 aliphatic rings. The summed E-state index contributed by atoms with van der Waals surface area (Å²) in [6.45, 7) is 8.80. The van der Waals surface area contributed by atoms with Crippen LogP contribution in [0.4, 0.5) is 5.69 Å². The van der Waals surface area contributed by atoms with Crippen LogP contribution >= 0.6 is 11.6 Å². The Morgan fingerprint density at radius 2 is 1.89 bits per heavy atom. The van der Waals surface area contributed by atoms with E-state index in [0.717, 1.165) is 30.9 Å². The van der Waals surface area contributed by atoms with E-state index >= 15 is 0 Å². The molecule has 3 aromatic rings. The van der Waals surface area contributed by atoms with E-state index in [9.17, 15) is 4.79 Å². The predicted molar refractivity (Wildman–Crippen MR) is 113 cm³/mol. The molecule has 0 bridgehead atoms. The smallest absolute Gasteiger partial charge is 0.261 e. The fourth-order valence-electron chi connectivity index (χ4n) is 3.12. The molecule has 146 valence electrons. The Kier molecular flexibility index (Phi) is 6.49. The highest BCUT2D eigenvalue weighted by atomic mass is 35.5. The standard InChI is InChI=1S/C22H24ClN3O2/c1-4-26(5-2)14-16-9-8-10-17(13-16)24-22(27)20-15(3)28-25-21(20)18-11-6-7-12-19(18)23/h6-13H,4-5,14H2,1-3H3,(H,24,27). The molecule has 5 nitrogen and oxygen atoms in total. The Morgan fingerprint density at radius 3 is 2.61 bits per heavy atom. The first kappa shape index (κ1) is 20.1. The van der Waals surface area contributed by atoms with Crippen LogP contribution in [0.15, 0.2) is 53.1 Å². The second-order valence-corrected chi connectivity index (χ2v) is 6.97. The summed E-state index contributed by atoms with van der Waals surface area (Å²) in [7, 11) is 0. The molecule has 0 saturated carbocycles. The Labute approximate surface area is 170 Å². The topological polar surface area (TPSA) is 58.4 Å². The van der Waals surface area contributed by atoms with Gasteiger partial charge in [0.1, 0.15) is 17.0 Å². The fraction of sp³-hybridized carbons (Fsp3) is 0.273. The zero-order valence-corrected chi connectivity index (χ0v) is 17.1. The van der Waals surface area contributed by atoms with E-state index < -0.39 is 0 Å². The molecular formula is C22H24ClN3O2. The molecule has 0 spiro atoms. The molecule has 0 aliphatic carbocycles. The summed E-state index contributed by atoms with van der Waals surface area (Å²) in [5.74, 6) is 0.181. The van der Waals surface area contributed by atoms with Gasteiger partial charge in [-0.1, -0.05) is 60.9 Å². The largest absolute Gasteiger partial charge is 0.360 e. The van der Waals surface area contributed by atoms with Gasteiger partial charge >= 0.3 is 0 Å². The third-order valence-corrected chi connectivity index (χ3v) is 5.03. The van der Waals surface area contributed by atoms with Crippen molar-refractivity contribution in [3.8, 4) is 11.3 Å². The molecule has 0 atom stereocenters. The summed E-state index contributed by atoms with van der Waals surface area (Å²) in [5, 5.41) is 7.55. The van der Waals surface area contributed by atoms with Gasteiger partial charge < -0.3 is 9.84 Å².